The van der Waals surface area contributed by atoms with E-state index >= 15 is 0 Å². The van der Waals surface area contributed by atoms with Crippen molar-refractivity contribution in [2.75, 3.05) is 46.1 Å². The molecule has 1 saturated heterocycles. The van der Waals surface area contributed by atoms with Crippen molar-refractivity contribution < 1.29 is 9.47 Å². The summed E-state index contributed by atoms with van der Waals surface area (Å²) in [5, 5.41) is 0. The predicted molar refractivity (Wildman–Crippen MR) is 68.2 cm³/mol. The molecule has 0 spiro atoms. The molecule has 3 nitrogen and oxygen atoms in total. The van der Waals surface area contributed by atoms with Crippen LogP contribution in [0.1, 0.15) is 5.56 Å². The lowest BCUT2D eigenvalue weighted by molar-refractivity contribution is 0.0208. The molecule has 0 bridgehead atoms. The summed E-state index contributed by atoms with van der Waals surface area (Å²) in [6.45, 7) is 6.48. The summed E-state index contributed by atoms with van der Waals surface area (Å²) in [5.74, 6) is 0. The van der Waals surface area contributed by atoms with Crippen molar-refractivity contribution in [2.24, 2.45) is 0 Å². The van der Waals surface area contributed by atoms with Gasteiger partial charge in [0.15, 0.2) is 0 Å². The van der Waals surface area contributed by atoms with Crippen molar-refractivity contribution in [3.05, 3.63) is 35.9 Å². The Hall–Kier alpha value is -0.900. The molecule has 1 fully saturated rings. The highest BCUT2D eigenvalue weighted by Gasteiger charge is 2.08. The highest BCUT2D eigenvalue weighted by atomic mass is 16.5. The van der Waals surface area contributed by atoms with Crippen molar-refractivity contribution in [2.45, 2.75) is 6.42 Å². The third-order valence-electron chi connectivity index (χ3n) is 3.03. The topological polar surface area (TPSA) is 21.7 Å². The first-order valence-corrected chi connectivity index (χ1v) is 6.37. The van der Waals surface area contributed by atoms with Crippen molar-refractivity contribution >= 4 is 0 Å². The maximum atomic E-state index is 5.66. The van der Waals surface area contributed by atoms with E-state index < -0.39 is 0 Å². The molecular weight excluding hydrogens is 214 g/mol. The smallest absolute Gasteiger partial charge is 0.0594 e. The standard InChI is InChI=1S/C14H21NO2/c1-2-4-14(5-3-1)6-10-16-11-7-15-8-12-17-13-9-15/h1-5H,6-13H2. The summed E-state index contributed by atoms with van der Waals surface area (Å²) in [6.07, 6.45) is 1.00. The fraction of sp³-hybridized carbons (Fsp3) is 0.571. The van der Waals surface area contributed by atoms with Gasteiger partial charge in [-0.3, -0.25) is 4.90 Å². The second-order valence-corrected chi connectivity index (χ2v) is 4.30. The SMILES string of the molecule is c1ccc(CCOCCN2CCOCC2)cc1. The van der Waals surface area contributed by atoms with Crippen LogP contribution in [0.5, 0.6) is 0 Å². The van der Waals surface area contributed by atoms with Gasteiger partial charge >= 0.3 is 0 Å². The largest absolute Gasteiger partial charge is 0.380 e. The average molecular weight is 235 g/mol. The van der Waals surface area contributed by atoms with E-state index in [1.807, 2.05) is 6.07 Å². The molecule has 94 valence electrons. The first kappa shape index (κ1) is 12.6. The van der Waals surface area contributed by atoms with Gasteiger partial charge in [0.2, 0.25) is 0 Å². The van der Waals surface area contributed by atoms with Gasteiger partial charge in [-0.25, -0.2) is 0 Å². The van der Waals surface area contributed by atoms with Crippen LogP contribution in [-0.4, -0.2) is 51.0 Å². The van der Waals surface area contributed by atoms with E-state index in [1.54, 1.807) is 0 Å². The van der Waals surface area contributed by atoms with Gasteiger partial charge in [-0.2, -0.15) is 0 Å². The Morgan fingerprint density at radius 3 is 2.59 bits per heavy atom. The number of morpholine rings is 1. The Morgan fingerprint density at radius 2 is 1.82 bits per heavy atom. The molecule has 1 heterocycles. The van der Waals surface area contributed by atoms with Gasteiger partial charge in [0.05, 0.1) is 26.4 Å². The summed E-state index contributed by atoms with van der Waals surface area (Å²) >= 11 is 0. The summed E-state index contributed by atoms with van der Waals surface area (Å²) in [7, 11) is 0. The Balaban J connectivity index is 1.51. The zero-order valence-electron chi connectivity index (χ0n) is 10.3. The molecule has 2 rings (SSSR count). The van der Waals surface area contributed by atoms with Crippen LogP contribution in [0.4, 0.5) is 0 Å². The molecule has 0 radical (unpaired) electrons. The number of hydrogen-bond donors (Lipinski definition) is 0. The van der Waals surface area contributed by atoms with Gasteiger partial charge < -0.3 is 9.47 Å². The van der Waals surface area contributed by atoms with E-state index in [4.69, 9.17) is 9.47 Å². The number of rotatable bonds is 6. The zero-order valence-corrected chi connectivity index (χ0v) is 10.3. The third-order valence-corrected chi connectivity index (χ3v) is 3.03. The van der Waals surface area contributed by atoms with Gasteiger partial charge in [0.25, 0.3) is 0 Å². The van der Waals surface area contributed by atoms with Crippen LogP contribution in [0.2, 0.25) is 0 Å². The molecule has 0 amide bonds. The predicted octanol–water partition coefficient (Wildman–Crippen LogP) is 1.58. The lowest BCUT2D eigenvalue weighted by atomic mass is 10.2. The molecule has 1 aromatic rings. The van der Waals surface area contributed by atoms with E-state index in [0.29, 0.717) is 0 Å². The Kier molecular flexibility index (Phi) is 5.49. The molecule has 0 unspecified atom stereocenters. The average Bonchev–Trinajstić information content (AvgIpc) is 2.41. The zero-order chi connectivity index (χ0) is 11.8. The molecular formula is C14H21NO2. The van der Waals surface area contributed by atoms with Crippen molar-refractivity contribution in [3.63, 3.8) is 0 Å². The lowest BCUT2D eigenvalue weighted by Gasteiger charge is -2.26. The van der Waals surface area contributed by atoms with Crippen molar-refractivity contribution in [1.29, 1.82) is 0 Å². The molecule has 17 heavy (non-hydrogen) atoms. The lowest BCUT2D eigenvalue weighted by Crippen LogP contribution is -2.38. The van der Waals surface area contributed by atoms with E-state index in [0.717, 1.165) is 52.5 Å². The van der Waals surface area contributed by atoms with Gasteiger partial charge in [-0.1, -0.05) is 30.3 Å². The first-order valence-electron chi connectivity index (χ1n) is 6.37. The molecule has 0 aromatic heterocycles. The van der Waals surface area contributed by atoms with Crippen molar-refractivity contribution in [3.8, 4) is 0 Å². The van der Waals surface area contributed by atoms with Crippen LogP contribution >= 0.6 is 0 Å². The maximum Gasteiger partial charge on any atom is 0.0594 e. The number of benzene rings is 1. The van der Waals surface area contributed by atoms with Gasteiger partial charge in [0.1, 0.15) is 0 Å². The Bertz CT molecular complexity index is 296. The molecule has 1 aliphatic rings. The third kappa shape index (κ3) is 4.86. The highest BCUT2D eigenvalue weighted by molar-refractivity contribution is 5.14. The molecule has 0 aliphatic carbocycles. The maximum absolute atomic E-state index is 5.66. The molecule has 0 N–H and O–H groups in total. The fourth-order valence-electron chi connectivity index (χ4n) is 1.96. The summed E-state index contributed by atoms with van der Waals surface area (Å²) in [4.78, 5) is 2.39. The monoisotopic (exact) mass is 235 g/mol. The van der Waals surface area contributed by atoms with Crippen LogP contribution < -0.4 is 0 Å². The van der Waals surface area contributed by atoms with Crippen LogP contribution in [0.3, 0.4) is 0 Å². The van der Waals surface area contributed by atoms with Crippen LogP contribution in [-0.2, 0) is 15.9 Å². The molecule has 1 aliphatic heterocycles. The normalized spacial score (nSPS) is 17.2. The van der Waals surface area contributed by atoms with Gasteiger partial charge in [-0.15, -0.1) is 0 Å². The summed E-state index contributed by atoms with van der Waals surface area (Å²) < 4.78 is 11.0. The molecule has 1 aromatic carbocycles. The minimum absolute atomic E-state index is 0.814. The van der Waals surface area contributed by atoms with E-state index in [2.05, 4.69) is 29.2 Å². The molecule has 0 saturated carbocycles. The molecule has 0 atom stereocenters. The van der Waals surface area contributed by atoms with E-state index in [9.17, 15) is 0 Å². The van der Waals surface area contributed by atoms with Crippen molar-refractivity contribution in [1.82, 2.24) is 4.90 Å². The fourth-order valence-corrected chi connectivity index (χ4v) is 1.96. The van der Waals surface area contributed by atoms with Crippen LogP contribution in [0.25, 0.3) is 0 Å². The number of nitrogens with zero attached hydrogens (tertiary/aromatic N) is 1. The van der Waals surface area contributed by atoms with Crippen LogP contribution in [0, 0.1) is 0 Å². The number of hydrogen-bond acceptors (Lipinski definition) is 3. The first-order chi connectivity index (χ1) is 8.45. The second-order valence-electron chi connectivity index (χ2n) is 4.30. The summed E-state index contributed by atoms with van der Waals surface area (Å²) in [6, 6.07) is 10.5. The summed E-state index contributed by atoms with van der Waals surface area (Å²) in [5.41, 5.74) is 1.35. The molecule has 3 heteroatoms. The van der Waals surface area contributed by atoms with Crippen LogP contribution in [0.15, 0.2) is 30.3 Å². The Labute approximate surface area is 103 Å². The van der Waals surface area contributed by atoms with Gasteiger partial charge in [0, 0.05) is 19.6 Å². The number of ether oxygens (including phenoxy) is 2. The minimum atomic E-state index is 0.814. The van der Waals surface area contributed by atoms with E-state index in [-0.39, 0.29) is 0 Å². The highest BCUT2D eigenvalue weighted by Crippen LogP contribution is 2.00. The Morgan fingerprint density at radius 1 is 1.06 bits per heavy atom. The quantitative estimate of drug-likeness (QED) is 0.699. The van der Waals surface area contributed by atoms with Gasteiger partial charge in [-0.05, 0) is 12.0 Å². The van der Waals surface area contributed by atoms with E-state index in [1.165, 1.54) is 5.56 Å². The second kappa shape index (κ2) is 7.43. The minimum Gasteiger partial charge on any atom is -0.380 e.